The molecule has 0 spiro atoms. The molecule has 7 heteroatoms. The van der Waals surface area contributed by atoms with Crippen LogP contribution in [0.25, 0.3) is 0 Å². The number of nitrogens with zero attached hydrogens (tertiary/aromatic N) is 2. The van der Waals surface area contributed by atoms with Crippen molar-refractivity contribution in [1.29, 1.82) is 0 Å². The summed E-state index contributed by atoms with van der Waals surface area (Å²) in [6, 6.07) is 4.53. The van der Waals surface area contributed by atoms with E-state index < -0.39 is 9.84 Å². The van der Waals surface area contributed by atoms with E-state index in [-0.39, 0.29) is 35.3 Å². The van der Waals surface area contributed by atoms with Crippen LogP contribution < -0.4 is 0 Å². The Hall–Kier alpha value is -1.47. The summed E-state index contributed by atoms with van der Waals surface area (Å²) in [6.45, 7) is 4.94. The van der Waals surface area contributed by atoms with Gasteiger partial charge in [0, 0.05) is 32.6 Å². The van der Waals surface area contributed by atoms with Gasteiger partial charge in [-0.3, -0.25) is 9.69 Å². The van der Waals surface area contributed by atoms with E-state index in [0.29, 0.717) is 25.2 Å². The lowest BCUT2D eigenvalue weighted by Crippen LogP contribution is -2.59. The van der Waals surface area contributed by atoms with Crippen LogP contribution in [-0.4, -0.2) is 60.8 Å². The quantitative estimate of drug-likeness (QED) is 0.805. The lowest BCUT2D eigenvalue weighted by atomic mass is 10.0. The minimum Gasteiger partial charge on any atom is -0.336 e. The number of amides is 1. The maximum absolute atomic E-state index is 13.4. The van der Waals surface area contributed by atoms with Crippen LogP contribution in [0.3, 0.4) is 0 Å². The van der Waals surface area contributed by atoms with Crippen LogP contribution in [0.5, 0.6) is 0 Å². The van der Waals surface area contributed by atoms with Crippen molar-refractivity contribution < 1.29 is 17.6 Å². The Bertz CT molecular complexity index is 735. The van der Waals surface area contributed by atoms with Crippen molar-refractivity contribution in [2.45, 2.75) is 32.5 Å². The topological polar surface area (TPSA) is 57.7 Å². The number of carbonyl (C=O) groups is 1. The van der Waals surface area contributed by atoms with Gasteiger partial charge in [-0.2, -0.15) is 0 Å². The maximum Gasteiger partial charge on any atom is 0.219 e. The molecule has 1 amide bonds. The fourth-order valence-corrected chi connectivity index (χ4v) is 5.66. The molecule has 1 aromatic rings. The average Bonchev–Trinajstić information content (AvgIpc) is 2.78. The van der Waals surface area contributed by atoms with Crippen LogP contribution in [-0.2, 0) is 21.2 Å². The van der Waals surface area contributed by atoms with Gasteiger partial charge in [0.2, 0.25) is 5.91 Å². The number of sulfone groups is 1. The van der Waals surface area contributed by atoms with Gasteiger partial charge < -0.3 is 4.90 Å². The van der Waals surface area contributed by atoms with E-state index in [1.165, 1.54) is 13.0 Å². The van der Waals surface area contributed by atoms with E-state index in [9.17, 15) is 17.6 Å². The molecule has 2 fully saturated rings. The Morgan fingerprint density at radius 2 is 1.96 bits per heavy atom. The summed E-state index contributed by atoms with van der Waals surface area (Å²) in [5, 5.41) is 0. The third-order valence-electron chi connectivity index (χ3n) is 4.80. The molecule has 0 radical (unpaired) electrons. The summed E-state index contributed by atoms with van der Waals surface area (Å²) in [5.74, 6) is -0.191. The lowest BCUT2D eigenvalue weighted by molar-refractivity contribution is -0.134. The van der Waals surface area contributed by atoms with Crippen LogP contribution in [0, 0.1) is 12.7 Å². The van der Waals surface area contributed by atoms with Gasteiger partial charge >= 0.3 is 0 Å². The van der Waals surface area contributed by atoms with E-state index in [0.717, 1.165) is 5.56 Å². The Kier molecular flexibility index (Phi) is 4.18. The van der Waals surface area contributed by atoms with E-state index in [2.05, 4.69) is 4.90 Å². The standard InChI is InChI=1S/C16H21FN2O3S/c1-11-7-13(3-4-14(11)17)8-18-5-6-19(12(2)20)16-10-23(21,22)9-15(16)18/h3-4,7,15-16H,5-6,8-10H2,1-2H3/t15-,16+/m0/s1. The molecule has 0 unspecified atom stereocenters. The Morgan fingerprint density at radius 1 is 1.26 bits per heavy atom. The number of aryl methyl sites for hydroxylation is 1. The Morgan fingerprint density at radius 3 is 2.61 bits per heavy atom. The Labute approximate surface area is 136 Å². The van der Waals surface area contributed by atoms with Crippen molar-refractivity contribution in [2.24, 2.45) is 0 Å². The molecule has 2 heterocycles. The number of carbonyl (C=O) groups excluding carboxylic acids is 1. The average molecular weight is 340 g/mol. The smallest absolute Gasteiger partial charge is 0.219 e. The highest BCUT2D eigenvalue weighted by atomic mass is 32.2. The van der Waals surface area contributed by atoms with Gasteiger partial charge in [0.15, 0.2) is 9.84 Å². The zero-order valence-corrected chi connectivity index (χ0v) is 14.1. The molecule has 2 aliphatic rings. The number of rotatable bonds is 2. The first-order chi connectivity index (χ1) is 10.8. The fraction of sp³-hybridized carbons (Fsp3) is 0.562. The minimum absolute atomic E-state index is 0.0379. The molecule has 5 nitrogen and oxygen atoms in total. The molecule has 2 atom stereocenters. The van der Waals surface area contributed by atoms with Gasteiger partial charge in [-0.25, -0.2) is 12.8 Å². The Balaban J connectivity index is 1.83. The number of hydrogen-bond donors (Lipinski definition) is 0. The molecule has 2 aliphatic heterocycles. The van der Waals surface area contributed by atoms with Gasteiger partial charge in [0.05, 0.1) is 17.5 Å². The number of piperazine rings is 1. The normalized spacial score (nSPS) is 27.0. The molecule has 0 N–H and O–H groups in total. The SMILES string of the molecule is CC(=O)N1CCN(Cc2ccc(F)c(C)c2)[C@H]2CS(=O)(=O)C[C@H]21. The van der Waals surface area contributed by atoms with E-state index in [1.54, 1.807) is 24.0 Å². The van der Waals surface area contributed by atoms with Gasteiger partial charge in [0.25, 0.3) is 0 Å². The van der Waals surface area contributed by atoms with Gasteiger partial charge in [-0.05, 0) is 24.1 Å². The van der Waals surface area contributed by atoms with Crippen molar-refractivity contribution in [3.8, 4) is 0 Å². The van der Waals surface area contributed by atoms with Gasteiger partial charge in [0.1, 0.15) is 5.82 Å². The third-order valence-corrected chi connectivity index (χ3v) is 6.50. The maximum atomic E-state index is 13.4. The van der Waals surface area contributed by atoms with E-state index in [1.807, 2.05) is 0 Å². The number of fused-ring (bicyclic) bond motifs is 1. The van der Waals surface area contributed by atoms with Crippen molar-refractivity contribution in [3.63, 3.8) is 0 Å². The molecule has 0 saturated carbocycles. The highest BCUT2D eigenvalue weighted by Crippen LogP contribution is 2.28. The fourth-order valence-electron chi connectivity index (χ4n) is 3.65. The highest BCUT2D eigenvalue weighted by molar-refractivity contribution is 7.91. The van der Waals surface area contributed by atoms with E-state index >= 15 is 0 Å². The van der Waals surface area contributed by atoms with Gasteiger partial charge in [-0.15, -0.1) is 0 Å². The molecule has 0 bridgehead atoms. The summed E-state index contributed by atoms with van der Waals surface area (Å²) in [6.07, 6.45) is 0. The second kappa shape index (κ2) is 5.87. The lowest BCUT2D eigenvalue weighted by Gasteiger charge is -2.43. The van der Waals surface area contributed by atoms with Crippen molar-refractivity contribution in [2.75, 3.05) is 24.6 Å². The van der Waals surface area contributed by atoms with Crippen LogP contribution in [0.15, 0.2) is 18.2 Å². The summed E-state index contributed by atoms with van der Waals surface area (Å²) in [4.78, 5) is 15.6. The zero-order chi connectivity index (χ0) is 16.8. The largest absolute Gasteiger partial charge is 0.336 e. The van der Waals surface area contributed by atoms with Gasteiger partial charge in [-0.1, -0.05) is 12.1 Å². The van der Waals surface area contributed by atoms with Crippen LogP contribution in [0.1, 0.15) is 18.1 Å². The molecule has 23 heavy (non-hydrogen) atoms. The molecule has 2 saturated heterocycles. The molecule has 1 aromatic carbocycles. The highest BCUT2D eigenvalue weighted by Gasteiger charge is 2.47. The number of benzene rings is 1. The first-order valence-corrected chi connectivity index (χ1v) is 9.56. The first kappa shape index (κ1) is 16.4. The summed E-state index contributed by atoms with van der Waals surface area (Å²) >= 11 is 0. The molecule has 126 valence electrons. The molecule has 0 aliphatic carbocycles. The monoisotopic (exact) mass is 340 g/mol. The molecule has 0 aromatic heterocycles. The van der Waals surface area contributed by atoms with Crippen LogP contribution >= 0.6 is 0 Å². The second-order valence-electron chi connectivity index (χ2n) is 6.48. The second-order valence-corrected chi connectivity index (χ2v) is 8.63. The van der Waals surface area contributed by atoms with E-state index in [4.69, 9.17) is 0 Å². The number of halogens is 1. The number of hydrogen-bond acceptors (Lipinski definition) is 4. The predicted molar refractivity (Wildman–Crippen MR) is 85.2 cm³/mol. The van der Waals surface area contributed by atoms with Crippen molar-refractivity contribution in [3.05, 3.63) is 35.1 Å². The van der Waals surface area contributed by atoms with Crippen molar-refractivity contribution in [1.82, 2.24) is 9.80 Å². The van der Waals surface area contributed by atoms with Crippen LogP contribution in [0.4, 0.5) is 4.39 Å². The summed E-state index contributed by atoms with van der Waals surface area (Å²) < 4.78 is 37.5. The zero-order valence-electron chi connectivity index (χ0n) is 13.3. The summed E-state index contributed by atoms with van der Waals surface area (Å²) in [7, 11) is -3.13. The first-order valence-electron chi connectivity index (χ1n) is 7.73. The molecular weight excluding hydrogens is 319 g/mol. The minimum atomic E-state index is -3.13. The van der Waals surface area contributed by atoms with Crippen LogP contribution in [0.2, 0.25) is 0 Å². The third kappa shape index (κ3) is 3.26. The molecular formula is C16H21FN2O3S. The predicted octanol–water partition coefficient (Wildman–Crippen LogP) is 0.964. The van der Waals surface area contributed by atoms with Crippen molar-refractivity contribution >= 4 is 15.7 Å². The summed E-state index contributed by atoms with van der Waals surface area (Å²) in [5.41, 5.74) is 1.55. The molecule has 3 rings (SSSR count).